The van der Waals surface area contributed by atoms with Gasteiger partial charge in [-0.2, -0.15) is 0 Å². The van der Waals surface area contributed by atoms with E-state index in [4.69, 9.17) is 9.47 Å². The Bertz CT molecular complexity index is 851. The topological polar surface area (TPSA) is 76.7 Å². The van der Waals surface area contributed by atoms with E-state index in [1.165, 1.54) is 0 Å². The molecule has 29 heavy (non-hydrogen) atoms. The van der Waals surface area contributed by atoms with Crippen molar-refractivity contribution in [2.75, 3.05) is 6.61 Å². The van der Waals surface area contributed by atoms with Crippen molar-refractivity contribution in [1.29, 1.82) is 0 Å². The number of hydrazine groups is 1. The molecule has 0 fully saturated rings. The number of carbonyl (C=O) groups is 2. The molecular formula is C23H30N2O4. The van der Waals surface area contributed by atoms with Crippen LogP contribution < -0.4 is 20.3 Å². The molecule has 0 aromatic heterocycles. The molecule has 6 heteroatoms. The van der Waals surface area contributed by atoms with Gasteiger partial charge >= 0.3 is 0 Å². The van der Waals surface area contributed by atoms with E-state index in [2.05, 4.69) is 24.7 Å². The second kappa shape index (κ2) is 10.5. The van der Waals surface area contributed by atoms with E-state index in [1.807, 2.05) is 56.3 Å². The molecule has 2 atom stereocenters. The molecule has 0 saturated heterocycles. The number of para-hydroxylation sites is 1. The lowest BCUT2D eigenvalue weighted by Gasteiger charge is -2.18. The van der Waals surface area contributed by atoms with Crippen LogP contribution in [0.1, 0.15) is 49.8 Å². The smallest absolute Gasteiger partial charge is 0.279 e. The molecule has 0 aliphatic heterocycles. The molecule has 2 aromatic carbocycles. The summed E-state index contributed by atoms with van der Waals surface area (Å²) in [5.41, 5.74) is 7.78. The maximum absolute atomic E-state index is 12.2. The van der Waals surface area contributed by atoms with Gasteiger partial charge in [0.25, 0.3) is 11.8 Å². The highest BCUT2D eigenvalue weighted by Gasteiger charge is 2.17. The van der Waals surface area contributed by atoms with Crippen molar-refractivity contribution in [2.24, 2.45) is 0 Å². The van der Waals surface area contributed by atoms with E-state index in [9.17, 15) is 9.59 Å². The average Bonchev–Trinajstić information content (AvgIpc) is 2.72. The number of aryl methyl sites for hydroxylation is 2. The SMILES string of the molecule is CCC(C)c1ccccc1OCC(=O)NNC(=O)C(C)Oc1cc(C)ccc1C. The highest BCUT2D eigenvalue weighted by Crippen LogP contribution is 2.28. The zero-order valence-corrected chi connectivity index (χ0v) is 17.7. The Morgan fingerprint density at radius 2 is 1.72 bits per heavy atom. The first-order chi connectivity index (χ1) is 13.8. The van der Waals surface area contributed by atoms with Gasteiger partial charge in [0.15, 0.2) is 12.7 Å². The first-order valence-corrected chi connectivity index (χ1v) is 9.86. The van der Waals surface area contributed by atoms with Gasteiger partial charge in [-0.15, -0.1) is 0 Å². The lowest BCUT2D eigenvalue weighted by Crippen LogP contribution is -2.48. The average molecular weight is 399 g/mol. The van der Waals surface area contributed by atoms with E-state index >= 15 is 0 Å². The van der Waals surface area contributed by atoms with Crippen LogP contribution in [0, 0.1) is 13.8 Å². The molecule has 0 radical (unpaired) electrons. The summed E-state index contributed by atoms with van der Waals surface area (Å²) in [6.45, 7) is 9.51. The van der Waals surface area contributed by atoms with Crippen LogP contribution in [0.3, 0.4) is 0 Å². The summed E-state index contributed by atoms with van der Waals surface area (Å²) in [6.07, 6.45) is 0.212. The molecule has 0 saturated carbocycles. The number of amides is 2. The molecule has 0 aliphatic rings. The first-order valence-electron chi connectivity index (χ1n) is 9.86. The van der Waals surface area contributed by atoms with E-state index in [1.54, 1.807) is 6.92 Å². The molecule has 2 unspecified atom stereocenters. The van der Waals surface area contributed by atoms with Crippen LogP contribution in [0.15, 0.2) is 42.5 Å². The maximum Gasteiger partial charge on any atom is 0.279 e. The predicted molar refractivity (Wildman–Crippen MR) is 113 cm³/mol. The van der Waals surface area contributed by atoms with Gasteiger partial charge in [0.2, 0.25) is 0 Å². The Hall–Kier alpha value is -3.02. The molecular weight excluding hydrogens is 368 g/mol. The molecule has 0 spiro atoms. The number of nitrogens with one attached hydrogen (secondary N) is 2. The number of benzene rings is 2. The Labute approximate surface area is 172 Å². The van der Waals surface area contributed by atoms with Crippen molar-refractivity contribution in [3.8, 4) is 11.5 Å². The monoisotopic (exact) mass is 398 g/mol. The standard InChI is InChI=1S/C23H30N2O4/c1-6-16(3)19-9-7-8-10-20(19)28-14-22(26)24-25-23(27)18(5)29-21-13-15(2)11-12-17(21)4/h7-13,16,18H,6,14H2,1-5H3,(H,24,26)(H,25,27). The van der Waals surface area contributed by atoms with Gasteiger partial charge in [-0.3, -0.25) is 20.4 Å². The van der Waals surface area contributed by atoms with E-state index < -0.39 is 17.9 Å². The van der Waals surface area contributed by atoms with Crippen molar-refractivity contribution >= 4 is 11.8 Å². The molecule has 6 nitrogen and oxygen atoms in total. The summed E-state index contributed by atoms with van der Waals surface area (Å²) < 4.78 is 11.4. The van der Waals surface area contributed by atoms with Gasteiger partial charge in [-0.1, -0.05) is 44.2 Å². The molecule has 156 valence electrons. The number of rotatable bonds is 8. The van der Waals surface area contributed by atoms with Crippen LogP contribution in [0.2, 0.25) is 0 Å². The Kier molecular flexibility index (Phi) is 8.07. The van der Waals surface area contributed by atoms with Crippen LogP contribution in [-0.4, -0.2) is 24.5 Å². The molecule has 2 aromatic rings. The van der Waals surface area contributed by atoms with E-state index in [0.29, 0.717) is 17.4 Å². The van der Waals surface area contributed by atoms with E-state index in [0.717, 1.165) is 23.1 Å². The fraction of sp³-hybridized carbons (Fsp3) is 0.391. The van der Waals surface area contributed by atoms with Gasteiger partial charge in [0, 0.05) is 0 Å². The summed E-state index contributed by atoms with van der Waals surface area (Å²) in [7, 11) is 0. The first kappa shape index (κ1) is 22.3. The van der Waals surface area contributed by atoms with Gasteiger partial charge in [0.05, 0.1) is 0 Å². The van der Waals surface area contributed by atoms with Crippen molar-refractivity contribution < 1.29 is 19.1 Å². The van der Waals surface area contributed by atoms with Crippen LogP contribution in [-0.2, 0) is 9.59 Å². The van der Waals surface area contributed by atoms with Crippen LogP contribution in [0.5, 0.6) is 11.5 Å². The molecule has 0 aliphatic carbocycles. The third-order valence-electron chi connectivity index (χ3n) is 4.76. The summed E-state index contributed by atoms with van der Waals surface area (Å²) >= 11 is 0. The Morgan fingerprint density at radius 1 is 1.00 bits per heavy atom. The Morgan fingerprint density at radius 3 is 2.45 bits per heavy atom. The molecule has 0 bridgehead atoms. The zero-order chi connectivity index (χ0) is 21.4. The minimum absolute atomic E-state index is 0.194. The number of hydrogen-bond acceptors (Lipinski definition) is 4. The van der Waals surface area contributed by atoms with Gasteiger partial charge < -0.3 is 9.47 Å². The normalized spacial score (nSPS) is 12.6. The maximum atomic E-state index is 12.2. The second-order valence-electron chi connectivity index (χ2n) is 7.20. The highest BCUT2D eigenvalue weighted by atomic mass is 16.5. The lowest BCUT2D eigenvalue weighted by atomic mass is 9.98. The molecule has 2 amide bonds. The quantitative estimate of drug-likeness (QED) is 0.663. The molecule has 0 heterocycles. The fourth-order valence-electron chi connectivity index (χ4n) is 2.73. The Balaban J connectivity index is 1.83. The van der Waals surface area contributed by atoms with Crippen molar-refractivity contribution in [3.05, 3.63) is 59.2 Å². The predicted octanol–water partition coefficient (Wildman–Crippen LogP) is 3.81. The summed E-state index contributed by atoms with van der Waals surface area (Å²) in [6, 6.07) is 13.4. The van der Waals surface area contributed by atoms with E-state index in [-0.39, 0.29) is 6.61 Å². The number of ether oxygens (including phenoxy) is 2. The second-order valence-corrected chi connectivity index (χ2v) is 7.20. The minimum Gasteiger partial charge on any atom is -0.483 e. The largest absolute Gasteiger partial charge is 0.483 e. The summed E-state index contributed by atoms with van der Waals surface area (Å²) in [5.74, 6) is 0.756. The third kappa shape index (κ3) is 6.52. The molecule has 2 N–H and O–H groups in total. The lowest BCUT2D eigenvalue weighted by molar-refractivity contribution is -0.133. The van der Waals surface area contributed by atoms with Crippen LogP contribution >= 0.6 is 0 Å². The summed E-state index contributed by atoms with van der Waals surface area (Å²) in [5, 5.41) is 0. The summed E-state index contributed by atoms with van der Waals surface area (Å²) in [4.78, 5) is 24.3. The van der Waals surface area contributed by atoms with Crippen molar-refractivity contribution in [3.63, 3.8) is 0 Å². The molecule has 2 rings (SSSR count). The highest BCUT2D eigenvalue weighted by molar-refractivity contribution is 5.85. The minimum atomic E-state index is -0.761. The third-order valence-corrected chi connectivity index (χ3v) is 4.76. The van der Waals surface area contributed by atoms with Gasteiger partial charge in [-0.05, 0) is 61.9 Å². The van der Waals surface area contributed by atoms with Crippen molar-refractivity contribution in [2.45, 2.75) is 53.1 Å². The van der Waals surface area contributed by atoms with Crippen LogP contribution in [0.25, 0.3) is 0 Å². The van der Waals surface area contributed by atoms with Crippen molar-refractivity contribution in [1.82, 2.24) is 10.9 Å². The number of hydrogen-bond donors (Lipinski definition) is 2. The fourth-order valence-corrected chi connectivity index (χ4v) is 2.73. The number of carbonyl (C=O) groups excluding carboxylic acids is 2. The van der Waals surface area contributed by atoms with Gasteiger partial charge in [0.1, 0.15) is 11.5 Å². The zero-order valence-electron chi connectivity index (χ0n) is 17.7. The van der Waals surface area contributed by atoms with Crippen LogP contribution in [0.4, 0.5) is 0 Å². The van der Waals surface area contributed by atoms with Gasteiger partial charge in [-0.25, -0.2) is 0 Å².